The Morgan fingerprint density at radius 3 is 2.66 bits per heavy atom. The van der Waals surface area contributed by atoms with Gasteiger partial charge in [0, 0.05) is 32.2 Å². The molecule has 0 saturated carbocycles. The number of nitrogens with zero attached hydrogens (tertiary/aromatic N) is 4. The van der Waals surface area contributed by atoms with Gasteiger partial charge < -0.3 is 15.3 Å². The number of aromatic hydroxyl groups is 1. The van der Waals surface area contributed by atoms with E-state index in [4.69, 9.17) is 0 Å². The number of urea groups is 1. The van der Waals surface area contributed by atoms with Crippen molar-refractivity contribution >= 4 is 28.7 Å². The maximum Gasteiger partial charge on any atom is 0.326 e. The summed E-state index contributed by atoms with van der Waals surface area (Å²) in [4.78, 5) is 48.6. The molecule has 0 bridgehead atoms. The molecular formula is C22H20FN5O4. The lowest BCUT2D eigenvalue weighted by Gasteiger charge is -2.36. The fourth-order valence-corrected chi connectivity index (χ4v) is 3.62. The third-order valence-corrected chi connectivity index (χ3v) is 5.46. The molecule has 0 aliphatic carbocycles. The Bertz CT molecular complexity index is 1230. The highest BCUT2D eigenvalue weighted by molar-refractivity contribution is 6.02. The molecule has 1 fully saturated rings. The molecule has 1 aliphatic rings. The van der Waals surface area contributed by atoms with Crippen molar-refractivity contribution in [1.82, 2.24) is 25.1 Å². The largest absolute Gasteiger partial charge is 0.504 e. The van der Waals surface area contributed by atoms with Gasteiger partial charge in [0.25, 0.3) is 5.91 Å². The summed E-state index contributed by atoms with van der Waals surface area (Å²) in [6.07, 6.45) is 1.43. The van der Waals surface area contributed by atoms with Crippen LogP contribution in [-0.4, -0.2) is 56.8 Å². The Balaban J connectivity index is 1.73. The number of pyridine rings is 2. The van der Waals surface area contributed by atoms with Crippen molar-refractivity contribution in [1.29, 1.82) is 0 Å². The van der Waals surface area contributed by atoms with E-state index in [1.165, 1.54) is 42.4 Å². The average Bonchev–Trinajstić information content (AvgIpc) is 2.80. The molecule has 1 aliphatic heterocycles. The van der Waals surface area contributed by atoms with Crippen LogP contribution in [0.15, 0.2) is 42.6 Å². The third-order valence-electron chi connectivity index (χ3n) is 5.46. The Labute approximate surface area is 182 Å². The zero-order chi connectivity index (χ0) is 23.0. The molecule has 2 aromatic heterocycles. The van der Waals surface area contributed by atoms with Crippen LogP contribution in [0.1, 0.15) is 34.2 Å². The minimum absolute atomic E-state index is 0.0306. The number of amides is 4. The summed E-state index contributed by atoms with van der Waals surface area (Å²) < 4.78 is 13.1. The minimum Gasteiger partial charge on any atom is -0.504 e. The molecule has 1 atom stereocenters. The average molecular weight is 437 g/mol. The number of halogens is 1. The molecule has 1 aromatic carbocycles. The van der Waals surface area contributed by atoms with Gasteiger partial charge in [-0.05, 0) is 29.8 Å². The van der Waals surface area contributed by atoms with Crippen LogP contribution in [0.3, 0.4) is 0 Å². The van der Waals surface area contributed by atoms with Gasteiger partial charge >= 0.3 is 6.03 Å². The van der Waals surface area contributed by atoms with Crippen LogP contribution in [0.25, 0.3) is 10.9 Å². The molecule has 3 aromatic rings. The molecule has 32 heavy (non-hydrogen) atoms. The van der Waals surface area contributed by atoms with Crippen molar-refractivity contribution in [3.05, 3.63) is 65.4 Å². The summed E-state index contributed by atoms with van der Waals surface area (Å²) in [5.41, 5.74) is 0.803. The molecule has 164 valence electrons. The molecule has 1 saturated heterocycles. The Hall–Kier alpha value is -4.08. The standard InChI is InChI=1S/C22H20FN5O4/c1-27-15(10-16(29)28(2)22(27)32)17-14-4-3-9-24-18(14)20(30)19(26-17)21(31)25-11-12-5-7-13(23)8-6-12/h3-9,15,30H,10-11H2,1-2H3,(H,25,31). The van der Waals surface area contributed by atoms with Gasteiger partial charge in [0.2, 0.25) is 5.91 Å². The summed E-state index contributed by atoms with van der Waals surface area (Å²) in [6, 6.07) is 7.67. The van der Waals surface area contributed by atoms with Gasteiger partial charge in [-0.15, -0.1) is 0 Å². The number of fused-ring (bicyclic) bond motifs is 1. The molecule has 0 spiro atoms. The van der Waals surface area contributed by atoms with E-state index in [0.717, 1.165) is 4.90 Å². The number of rotatable bonds is 4. The molecular weight excluding hydrogens is 417 g/mol. The van der Waals surface area contributed by atoms with E-state index >= 15 is 0 Å². The third kappa shape index (κ3) is 3.70. The summed E-state index contributed by atoms with van der Waals surface area (Å²) in [5.74, 6) is -1.86. The van der Waals surface area contributed by atoms with Crippen LogP contribution < -0.4 is 5.32 Å². The summed E-state index contributed by atoms with van der Waals surface area (Å²) >= 11 is 0. The molecule has 4 amide bonds. The number of aromatic nitrogens is 2. The molecule has 4 rings (SSSR count). The first kappa shape index (κ1) is 21.2. The van der Waals surface area contributed by atoms with Crippen LogP contribution >= 0.6 is 0 Å². The minimum atomic E-state index is -0.734. The fraction of sp³-hybridized carbons (Fsp3) is 0.227. The van der Waals surface area contributed by atoms with Gasteiger partial charge in [-0.2, -0.15) is 0 Å². The van der Waals surface area contributed by atoms with Gasteiger partial charge in [-0.25, -0.2) is 14.2 Å². The quantitative estimate of drug-likeness (QED) is 0.647. The first-order chi connectivity index (χ1) is 15.3. The highest BCUT2D eigenvalue weighted by Crippen LogP contribution is 2.36. The number of imide groups is 1. The Morgan fingerprint density at radius 1 is 1.22 bits per heavy atom. The molecule has 9 nitrogen and oxygen atoms in total. The van der Waals surface area contributed by atoms with E-state index in [1.807, 2.05) is 0 Å². The lowest BCUT2D eigenvalue weighted by atomic mass is 10.00. The molecule has 1 unspecified atom stereocenters. The van der Waals surface area contributed by atoms with Crippen molar-refractivity contribution in [3.8, 4) is 5.75 Å². The molecule has 10 heteroatoms. The number of carbonyl (C=O) groups excluding carboxylic acids is 3. The molecule has 2 N–H and O–H groups in total. The van der Waals surface area contributed by atoms with Gasteiger partial charge in [0.05, 0.1) is 18.2 Å². The Kier molecular flexibility index (Phi) is 5.43. The number of hydrogen-bond donors (Lipinski definition) is 2. The maximum absolute atomic E-state index is 13.1. The van der Waals surface area contributed by atoms with Crippen molar-refractivity contribution in [2.24, 2.45) is 0 Å². The van der Waals surface area contributed by atoms with Gasteiger partial charge in [0.15, 0.2) is 11.4 Å². The SMILES string of the molecule is CN1C(=O)CC(c2nc(C(=O)NCc3ccc(F)cc3)c(O)c3ncccc23)N(C)C1=O. The first-order valence-electron chi connectivity index (χ1n) is 9.81. The lowest BCUT2D eigenvalue weighted by Crippen LogP contribution is -2.50. The predicted octanol–water partition coefficient (Wildman–Crippen LogP) is 2.36. The summed E-state index contributed by atoms with van der Waals surface area (Å²) in [6.45, 7) is 0.0842. The second-order valence-corrected chi connectivity index (χ2v) is 7.47. The Morgan fingerprint density at radius 2 is 1.94 bits per heavy atom. The van der Waals surface area contributed by atoms with Crippen molar-refractivity contribution in [3.63, 3.8) is 0 Å². The van der Waals surface area contributed by atoms with Crippen LogP contribution in [-0.2, 0) is 11.3 Å². The van der Waals surface area contributed by atoms with Gasteiger partial charge in [-0.3, -0.25) is 19.5 Å². The van der Waals surface area contributed by atoms with E-state index in [-0.39, 0.29) is 35.8 Å². The van der Waals surface area contributed by atoms with E-state index in [0.29, 0.717) is 10.9 Å². The second-order valence-electron chi connectivity index (χ2n) is 7.47. The zero-order valence-corrected chi connectivity index (χ0v) is 17.4. The smallest absolute Gasteiger partial charge is 0.326 e. The van der Waals surface area contributed by atoms with E-state index in [2.05, 4.69) is 15.3 Å². The van der Waals surface area contributed by atoms with Crippen LogP contribution in [0.5, 0.6) is 5.75 Å². The van der Waals surface area contributed by atoms with E-state index in [9.17, 15) is 23.9 Å². The fourth-order valence-electron chi connectivity index (χ4n) is 3.62. The summed E-state index contributed by atoms with van der Waals surface area (Å²) in [7, 11) is 2.94. The van der Waals surface area contributed by atoms with Crippen molar-refractivity contribution < 1.29 is 23.9 Å². The number of carbonyl (C=O) groups is 3. The van der Waals surface area contributed by atoms with Gasteiger partial charge in [-0.1, -0.05) is 12.1 Å². The molecule has 0 radical (unpaired) electrons. The molecule has 3 heterocycles. The van der Waals surface area contributed by atoms with Crippen molar-refractivity contribution in [2.45, 2.75) is 19.0 Å². The zero-order valence-electron chi connectivity index (χ0n) is 17.4. The summed E-state index contributed by atoms with van der Waals surface area (Å²) in [5, 5.41) is 13.8. The van der Waals surface area contributed by atoms with Gasteiger partial charge in [0.1, 0.15) is 11.3 Å². The van der Waals surface area contributed by atoms with E-state index in [1.54, 1.807) is 19.2 Å². The number of hydrogen-bond acceptors (Lipinski definition) is 6. The number of benzene rings is 1. The monoisotopic (exact) mass is 437 g/mol. The van der Waals surface area contributed by atoms with Crippen LogP contribution in [0.2, 0.25) is 0 Å². The topological polar surface area (TPSA) is 116 Å². The van der Waals surface area contributed by atoms with Crippen LogP contribution in [0, 0.1) is 5.82 Å². The second kappa shape index (κ2) is 8.22. The maximum atomic E-state index is 13.1. The van der Waals surface area contributed by atoms with Crippen LogP contribution in [0.4, 0.5) is 9.18 Å². The highest BCUT2D eigenvalue weighted by atomic mass is 19.1. The lowest BCUT2D eigenvalue weighted by molar-refractivity contribution is -0.131. The first-order valence-corrected chi connectivity index (χ1v) is 9.81. The predicted molar refractivity (Wildman–Crippen MR) is 112 cm³/mol. The van der Waals surface area contributed by atoms with E-state index < -0.39 is 29.5 Å². The highest BCUT2D eigenvalue weighted by Gasteiger charge is 2.37. The normalized spacial score (nSPS) is 16.5. The number of nitrogens with one attached hydrogen (secondary N) is 1. The van der Waals surface area contributed by atoms with Crippen molar-refractivity contribution in [2.75, 3.05) is 14.1 Å².